The van der Waals surface area contributed by atoms with E-state index in [4.69, 9.17) is 0 Å². The van der Waals surface area contributed by atoms with Crippen LogP contribution in [0.1, 0.15) is 18.4 Å². The molecule has 0 spiro atoms. The highest BCUT2D eigenvalue weighted by molar-refractivity contribution is 5.48. The summed E-state index contributed by atoms with van der Waals surface area (Å²) in [5, 5.41) is 0. The molecule has 0 fully saturated rings. The highest BCUT2D eigenvalue weighted by Gasteiger charge is 1.87. The van der Waals surface area contributed by atoms with Gasteiger partial charge < -0.3 is 4.90 Å². The van der Waals surface area contributed by atoms with E-state index >= 15 is 0 Å². The molecule has 1 rings (SSSR count). The molecular formula is C13H19N. The van der Waals surface area contributed by atoms with E-state index in [1.165, 1.54) is 18.5 Å². The molecule has 0 atom stereocenters. The number of rotatable bonds is 5. The lowest BCUT2D eigenvalue weighted by atomic mass is 10.2. The Kier molecular flexibility index (Phi) is 5.02. The molecular weight excluding hydrogens is 170 g/mol. The van der Waals surface area contributed by atoms with Crippen LogP contribution in [0.25, 0.3) is 6.08 Å². The Labute approximate surface area is 87.1 Å². The van der Waals surface area contributed by atoms with Gasteiger partial charge in [0.25, 0.3) is 0 Å². The van der Waals surface area contributed by atoms with Crippen LogP contribution in [0.3, 0.4) is 0 Å². The van der Waals surface area contributed by atoms with Gasteiger partial charge >= 0.3 is 0 Å². The fourth-order valence-electron chi connectivity index (χ4n) is 1.31. The van der Waals surface area contributed by atoms with Gasteiger partial charge in [0.2, 0.25) is 0 Å². The summed E-state index contributed by atoms with van der Waals surface area (Å²) < 4.78 is 0. The van der Waals surface area contributed by atoms with Crippen LogP contribution in [0.5, 0.6) is 0 Å². The number of hydrogen-bond acceptors (Lipinski definition) is 1. The molecule has 0 aliphatic rings. The van der Waals surface area contributed by atoms with Gasteiger partial charge in [-0.1, -0.05) is 42.5 Å². The molecule has 0 aromatic heterocycles. The van der Waals surface area contributed by atoms with Crippen LogP contribution in [0.2, 0.25) is 0 Å². The van der Waals surface area contributed by atoms with E-state index in [2.05, 4.69) is 55.4 Å². The zero-order chi connectivity index (χ0) is 10.2. The maximum atomic E-state index is 2.25. The van der Waals surface area contributed by atoms with Crippen molar-refractivity contribution in [2.45, 2.75) is 12.8 Å². The molecule has 0 aliphatic carbocycles. The zero-order valence-corrected chi connectivity index (χ0v) is 9.11. The highest BCUT2D eigenvalue weighted by atomic mass is 15.0. The van der Waals surface area contributed by atoms with Crippen molar-refractivity contribution in [3.05, 3.63) is 42.0 Å². The van der Waals surface area contributed by atoms with E-state index in [1.54, 1.807) is 0 Å². The normalized spacial score (nSPS) is 11.4. The fraction of sp³-hybridized carbons (Fsp3) is 0.385. The molecule has 0 N–H and O–H groups in total. The molecule has 0 saturated heterocycles. The number of benzene rings is 1. The molecule has 0 bridgehead atoms. The highest BCUT2D eigenvalue weighted by Crippen LogP contribution is 2.02. The largest absolute Gasteiger partial charge is 0.309 e. The standard InChI is InChI=1S/C13H19N/c1-14(2)12-8-4-7-11-13-9-5-3-6-10-13/h3,5-7,9-11H,4,8,12H2,1-2H3. The molecule has 76 valence electrons. The van der Waals surface area contributed by atoms with E-state index < -0.39 is 0 Å². The predicted octanol–water partition coefficient (Wildman–Crippen LogP) is 3.04. The van der Waals surface area contributed by atoms with Gasteiger partial charge in [-0.15, -0.1) is 0 Å². The smallest absolute Gasteiger partial charge is 0.00219 e. The summed E-state index contributed by atoms with van der Waals surface area (Å²) in [6.07, 6.45) is 6.83. The third-order valence-corrected chi connectivity index (χ3v) is 2.09. The molecule has 1 nitrogen and oxygen atoms in total. The van der Waals surface area contributed by atoms with E-state index in [-0.39, 0.29) is 0 Å². The minimum atomic E-state index is 1.16. The van der Waals surface area contributed by atoms with Crippen molar-refractivity contribution >= 4 is 6.08 Å². The van der Waals surface area contributed by atoms with Crippen molar-refractivity contribution in [3.8, 4) is 0 Å². The van der Waals surface area contributed by atoms with Crippen LogP contribution in [0.15, 0.2) is 36.4 Å². The molecule has 0 saturated carbocycles. The van der Waals surface area contributed by atoms with Gasteiger partial charge in [-0.3, -0.25) is 0 Å². The van der Waals surface area contributed by atoms with Crippen LogP contribution >= 0.6 is 0 Å². The lowest BCUT2D eigenvalue weighted by molar-refractivity contribution is 0.402. The average molecular weight is 189 g/mol. The molecule has 0 aliphatic heterocycles. The number of allylic oxidation sites excluding steroid dienone is 1. The first-order valence-corrected chi connectivity index (χ1v) is 5.15. The summed E-state index contributed by atoms with van der Waals surface area (Å²) in [6.45, 7) is 1.17. The first kappa shape index (κ1) is 11.0. The molecule has 1 aromatic carbocycles. The molecule has 0 heterocycles. The van der Waals surface area contributed by atoms with E-state index in [0.29, 0.717) is 0 Å². The average Bonchev–Trinajstić information content (AvgIpc) is 2.18. The summed E-state index contributed by atoms with van der Waals surface area (Å²) in [5.41, 5.74) is 1.29. The number of nitrogens with zero attached hydrogens (tertiary/aromatic N) is 1. The van der Waals surface area contributed by atoms with Gasteiger partial charge in [-0.25, -0.2) is 0 Å². The van der Waals surface area contributed by atoms with Gasteiger partial charge in [0, 0.05) is 0 Å². The van der Waals surface area contributed by atoms with Gasteiger partial charge in [0.1, 0.15) is 0 Å². The van der Waals surface area contributed by atoms with E-state index in [9.17, 15) is 0 Å². The predicted molar refractivity (Wildman–Crippen MR) is 63.3 cm³/mol. The third kappa shape index (κ3) is 4.83. The van der Waals surface area contributed by atoms with Crippen LogP contribution in [0.4, 0.5) is 0 Å². The van der Waals surface area contributed by atoms with Crippen LogP contribution in [0, 0.1) is 0 Å². The van der Waals surface area contributed by atoms with Gasteiger partial charge in [-0.05, 0) is 39.0 Å². The minimum Gasteiger partial charge on any atom is -0.309 e. The Morgan fingerprint density at radius 3 is 2.50 bits per heavy atom. The molecule has 14 heavy (non-hydrogen) atoms. The van der Waals surface area contributed by atoms with Gasteiger partial charge in [-0.2, -0.15) is 0 Å². The maximum absolute atomic E-state index is 2.25. The fourth-order valence-corrected chi connectivity index (χ4v) is 1.31. The second kappa shape index (κ2) is 6.39. The number of hydrogen-bond donors (Lipinski definition) is 0. The minimum absolute atomic E-state index is 1.16. The monoisotopic (exact) mass is 189 g/mol. The zero-order valence-electron chi connectivity index (χ0n) is 9.11. The van der Waals surface area contributed by atoms with Crippen molar-refractivity contribution < 1.29 is 0 Å². The second-order valence-electron chi connectivity index (χ2n) is 3.76. The van der Waals surface area contributed by atoms with Crippen molar-refractivity contribution in [2.75, 3.05) is 20.6 Å². The van der Waals surface area contributed by atoms with Crippen LogP contribution < -0.4 is 0 Å². The molecule has 0 amide bonds. The van der Waals surface area contributed by atoms with Gasteiger partial charge in [0.05, 0.1) is 0 Å². The van der Waals surface area contributed by atoms with Crippen LogP contribution in [-0.4, -0.2) is 25.5 Å². The quantitative estimate of drug-likeness (QED) is 0.643. The first-order chi connectivity index (χ1) is 6.79. The van der Waals surface area contributed by atoms with Crippen LogP contribution in [-0.2, 0) is 0 Å². The summed E-state index contributed by atoms with van der Waals surface area (Å²) in [6, 6.07) is 10.4. The van der Waals surface area contributed by atoms with E-state index in [1.807, 2.05) is 6.07 Å². The summed E-state index contributed by atoms with van der Waals surface area (Å²) in [7, 11) is 4.22. The van der Waals surface area contributed by atoms with Crippen molar-refractivity contribution in [1.82, 2.24) is 4.90 Å². The lowest BCUT2D eigenvalue weighted by Gasteiger charge is -2.06. The third-order valence-electron chi connectivity index (χ3n) is 2.09. The summed E-state index contributed by atoms with van der Waals surface area (Å²) in [4.78, 5) is 2.22. The maximum Gasteiger partial charge on any atom is -0.00219 e. The van der Waals surface area contributed by atoms with Crippen molar-refractivity contribution in [3.63, 3.8) is 0 Å². The Hall–Kier alpha value is -1.08. The lowest BCUT2D eigenvalue weighted by Crippen LogP contribution is -2.12. The second-order valence-corrected chi connectivity index (χ2v) is 3.76. The summed E-state index contributed by atoms with van der Waals surface area (Å²) in [5.74, 6) is 0. The molecule has 1 aromatic rings. The topological polar surface area (TPSA) is 3.24 Å². The van der Waals surface area contributed by atoms with Gasteiger partial charge in [0.15, 0.2) is 0 Å². The number of unbranched alkanes of at least 4 members (excludes halogenated alkanes) is 1. The molecule has 0 unspecified atom stereocenters. The molecule has 0 radical (unpaired) electrons. The Morgan fingerprint density at radius 2 is 1.86 bits per heavy atom. The van der Waals surface area contributed by atoms with E-state index in [0.717, 1.165) is 6.42 Å². The van der Waals surface area contributed by atoms with Crippen molar-refractivity contribution in [2.24, 2.45) is 0 Å². The SMILES string of the molecule is CN(C)CCCC=Cc1ccccc1. The Morgan fingerprint density at radius 1 is 1.14 bits per heavy atom. The summed E-state index contributed by atoms with van der Waals surface area (Å²) >= 11 is 0. The Bertz CT molecular complexity index is 262. The van der Waals surface area contributed by atoms with Crippen molar-refractivity contribution in [1.29, 1.82) is 0 Å². The first-order valence-electron chi connectivity index (χ1n) is 5.15. The Balaban J connectivity index is 2.21. The molecule has 1 heteroatoms.